The van der Waals surface area contributed by atoms with Crippen molar-refractivity contribution in [1.82, 2.24) is 25.2 Å². The fourth-order valence-corrected chi connectivity index (χ4v) is 3.81. The monoisotopic (exact) mass is 369 g/mol. The first-order valence-electron chi connectivity index (χ1n) is 7.68. The Balaban J connectivity index is 1.53. The van der Waals surface area contributed by atoms with E-state index in [0.717, 1.165) is 27.0 Å². The van der Waals surface area contributed by atoms with Crippen molar-refractivity contribution in [2.45, 2.75) is 24.8 Å². The SMILES string of the molecule is Cc1ccc(C)c(-n2nnnc2SCc2coc(-c3cccs3)n2)c1. The van der Waals surface area contributed by atoms with E-state index in [9.17, 15) is 0 Å². The Hall–Kier alpha value is -2.45. The molecule has 6 nitrogen and oxygen atoms in total. The number of benzene rings is 1. The zero-order chi connectivity index (χ0) is 17.2. The molecule has 0 atom stereocenters. The fourth-order valence-electron chi connectivity index (χ4n) is 2.39. The van der Waals surface area contributed by atoms with Gasteiger partial charge in [-0.3, -0.25) is 0 Å². The molecule has 0 saturated carbocycles. The summed E-state index contributed by atoms with van der Waals surface area (Å²) < 4.78 is 7.33. The molecule has 0 saturated heterocycles. The minimum atomic E-state index is 0.639. The van der Waals surface area contributed by atoms with Gasteiger partial charge < -0.3 is 4.42 Å². The van der Waals surface area contributed by atoms with Gasteiger partial charge in [-0.2, -0.15) is 4.68 Å². The third kappa shape index (κ3) is 3.35. The summed E-state index contributed by atoms with van der Waals surface area (Å²) >= 11 is 3.14. The van der Waals surface area contributed by atoms with E-state index in [1.165, 1.54) is 17.3 Å². The standard InChI is InChI=1S/C17H15N5OS2/c1-11-5-6-12(2)14(8-11)22-17(19-20-21-22)25-10-13-9-23-16(18-13)15-4-3-7-24-15/h3-9H,10H2,1-2H3. The van der Waals surface area contributed by atoms with Crippen LogP contribution in [0, 0.1) is 13.8 Å². The lowest BCUT2D eigenvalue weighted by molar-refractivity contribution is 0.575. The maximum atomic E-state index is 5.56. The molecule has 3 heterocycles. The Bertz CT molecular complexity index is 990. The quantitative estimate of drug-likeness (QED) is 0.489. The second-order valence-electron chi connectivity index (χ2n) is 5.57. The van der Waals surface area contributed by atoms with Gasteiger partial charge in [0.2, 0.25) is 11.0 Å². The summed E-state index contributed by atoms with van der Waals surface area (Å²) in [5, 5.41) is 14.8. The fraction of sp³-hybridized carbons (Fsp3) is 0.176. The van der Waals surface area contributed by atoms with Crippen molar-refractivity contribution in [3.63, 3.8) is 0 Å². The second kappa shape index (κ2) is 6.81. The molecule has 0 radical (unpaired) electrons. The highest BCUT2D eigenvalue weighted by Crippen LogP contribution is 2.27. The predicted molar refractivity (Wildman–Crippen MR) is 98.0 cm³/mol. The first-order chi connectivity index (χ1) is 12.2. The van der Waals surface area contributed by atoms with Crippen LogP contribution in [0.2, 0.25) is 0 Å². The number of thioether (sulfide) groups is 1. The molecule has 0 aliphatic heterocycles. The molecule has 4 rings (SSSR count). The number of aryl methyl sites for hydroxylation is 2. The zero-order valence-corrected chi connectivity index (χ0v) is 15.3. The van der Waals surface area contributed by atoms with E-state index in [4.69, 9.17) is 4.42 Å². The van der Waals surface area contributed by atoms with Crippen molar-refractivity contribution in [3.8, 4) is 16.5 Å². The van der Waals surface area contributed by atoms with Gasteiger partial charge in [-0.1, -0.05) is 30.0 Å². The number of hydrogen-bond donors (Lipinski definition) is 0. The molecule has 0 spiro atoms. The summed E-state index contributed by atoms with van der Waals surface area (Å²) in [5.41, 5.74) is 4.15. The van der Waals surface area contributed by atoms with Gasteiger partial charge in [0.15, 0.2) is 0 Å². The summed E-state index contributed by atoms with van der Waals surface area (Å²) in [7, 11) is 0. The highest BCUT2D eigenvalue weighted by atomic mass is 32.2. The average Bonchev–Trinajstić information content (AvgIpc) is 3.36. The van der Waals surface area contributed by atoms with Gasteiger partial charge in [0.25, 0.3) is 0 Å². The summed E-state index contributed by atoms with van der Waals surface area (Å²) in [6.45, 7) is 4.11. The van der Waals surface area contributed by atoms with Crippen LogP contribution < -0.4 is 0 Å². The van der Waals surface area contributed by atoms with Gasteiger partial charge in [0.1, 0.15) is 6.26 Å². The number of hydrogen-bond acceptors (Lipinski definition) is 7. The maximum Gasteiger partial charge on any atom is 0.236 e. The lowest BCUT2D eigenvalue weighted by Gasteiger charge is -2.08. The maximum absolute atomic E-state index is 5.56. The predicted octanol–water partition coefficient (Wildman–Crippen LogP) is 4.29. The van der Waals surface area contributed by atoms with E-state index < -0.39 is 0 Å². The minimum Gasteiger partial charge on any atom is -0.444 e. The van der Waals surface area contributed by atoms with Crippen LogP contribution in [-0.2, 0) is 5.75 Å². The van der Waals surface area contributed by atoms with E-state index in [1.807, 2.05) is 17.5 Å². The highest BCUT2D eigenvalue weighted by molar-refractivity contribution is 7.98. The lowest BCUT2D eigenvalue weighted by Crippen LogP contribution is -2.02. The van der Waals surface area contributed by atoms with Crippen LogP contribution >= 0.6 is 23.1 Å². The second-order valence-corrected chi connectivity index (χ2v) is 7.46. The van der Waals surface area contributed by atoms with Crippen molar-refractivity contribution < 1.29 is 4.42 Å². The number of nitrogens with zero attached hydrogens (tertiary/aromatic N) is 5. The van der Waals surface area contributed by atoms with E-state index >= 15 is 0 Å². The van der Waals surface area contributed by atoms with Crippen LogP contribution in [0.25, 0.3) is 16.5 Å². The average molecular weight is 369 g/mol. The molecule has 0 fully saturated rings. The summed E-state index contributed by atoms with van der Waals surface area (Å²) in [6, 6.07) is 10.2. The third-order valence-corrected chi connectivity index (χ3v) is 5.48. The number of thiophene rings is 1. The zero-order valence-electron chi connectivity index (χ0n) is 13.7. The smallest absolute Gasteiger partial charge is 0.236 e. The molecule has 0 N–H and O–H groups in total. The molecule has 8 heteroatoms. The van der Waals surface area contributed by atoms with E-state index in [2.05, 4.69) is 52.6 Å². The molecule has 1 aromatic carbocycles. The van der Waals surface area contributed by atoms with Gasteiger partial charge in [-0.25, -0.2) is 4.98 Å². The molecule has 4 aromatic rings. The topological polar surface area (TPSA) is 69.6 Å². The van der Waals surface area contributed by atoms with Gasteiger partial charge in [-0.15, -0.1) is 16.4 Å². The molecule has 3 aromatic heterocycles. The Morgan fingerprint density at radius 2 is 2.16 bits per heavy atom. The number of oxazole rings is 1. The Labute approximate surface area is 152 Å². The lowest BCUT2D eigenvalue weighted by atomic mass is 10.1. The van der Waals surface area contributed by atoms with Crippen molar-refractivity contribution in [3.05, 3.63) is 58.8 Å². The molecule has 0 bridgehead atoms. The first kappa shape index (κ1) is 16.0. The van der Waals surface area contributed by atoms with Gasteiger partial charge >= 0.3 is 0 Å². The van der Waals surface area contributed by atoms with Crippen LogP contribution in [0.5, 0.6) is 0 Å². The van der Waals surface area contributed by atoms with Crippen LogP contribution in [-0.4, -0.2) is 25.2 Å². The summed E-state index contributed by atoms with van der Waals surface area (Å²) in [4.78, 5) is 5.56. The molecular formula is C17H15N5OS2. The number of aromatic nitrogens is 5. The molecule has 0 unspecified atom stereocenters. The Morgan fingerprint density at radius 1 is 1.24 bits per heavy atom. The largest absolute Gasteiger partial charge is 0.444 e. The van der Waals surface area contributed by atoms with Gasteiger partial charge in [0, 0.05) is 5.75 Å². The minimum absolute atomic E-state index is 0.639. The molecule has 0 amide bonds. The molecule has 126 valence electrons. The van der Waals surface area contributed by atoms with Crippen LogP contribution in [0.1, 0.15) is 16.8 Å². The van der Waals surface area contributed by atoms with Crippen molar-refractivity contribution in [1.29, 1.82) is 0 Å². The number of rotatable bonds is 5. The van der Waals surface area contributed by atoms with Crippen LogP contribution in [0.4, 0.5) is 0 Å². The molecule has 0 aliphatic carbocycles. The molecule has 0 aliphatic rings. The summed E-state index contributed by atoms with van der Waals surface area (Å²) in [6.07, 6.45) is 1.69. The van der Waals surface area contributed by atoms with Crippen molar-refractivity contribution in [2.75, 3.05) is 0 Å². The van der Waals surface area contributed by atoms with Crippen molar-refractivity contribution in [2.24, 2.45) is 0 Å². The molecule has 25 heavy (non-hydrogen) atoms. The first-order valence-corrected chi connectivity index (χ1v) is 9.54. The van der Waals surface area contributed by atoms with Gasteiger partial charge in [-0.05, 0) is 52.9 Å². The highest BCUT2D eigenvalue weighted by Gasteiger charge is 2.13. The van der Waals surface area contributed by atoms with E-state index in [-0.39, 0.29) is 0 Å². The van der Waals surface area contributed by atoms with E-state index in [0.29, 0.717) is 11.6 Å². The summed E-state index contributed by atoms with van der Waals surface area (Å²) in [5.74, 6) is 1.29. The third-order valence-electron chi connectivity index (χ3n) is 3.67. The van der Waals surface area contributed by atoms with E-state index in [1.54, 1.807) is 22.3 Å². The number of tetrazole rings is 1. The normalized spacial score (nSPS) is 11.1. The Morgan fingerprint density at radius 3 is 3.00 bits per heavy atom. The van der Waals surface area contributed by atoms with Crippen LogP contribution in [0.15, 0.2) is 51.5 Å². The van der Waals surface area contributed by atoms with Crippen molar-refractivity contribution >= 4 is 23.1 Å². The Kier molecular flexibility index (Phi) is 4.37. The van der Waals surface area contributed by atoms with Crippen LogP contribution in [0.3, 0.4) is 0 Å². The molecular weight excluding hydrogens is 354 g/mol. The van der Waals surface area contributed by atoms with Gasteiger partial charge in [0.05, 0.1) is 16.3 Å².